The lowest BCUT2D eigenvalue weighted by molar-refractivity contribution is 0.0586. The van der Waals surface area contributed by atoms with Gasteiger partial charge in [0.2, 0.25) is 0 Å². The highest BCUT2D eigenvalue weighted by atomic mass is 16.2. The number of aromatic nitrogens is 1. The highest BCUT2D eigenvalue weighted by Crippen LogP contribution is 2.14. The van der Waals surface area contributed by atoms with Gasteiger partial charge in [-0.1, -0.05) is 0 Å². The maximum Gasteiger partial charge on any atom is 0.270 e. The lowest BCUT2D eigenvalue weighted by Gasteiger charge is -2.36. The van der Waals surface area contributed by atoms with Gasteiger partial charge in [-0.15, -0.1) is 0 Å². The summed E-state index contributed by atoms with van der Waals surface area (Å²) in [5.74, 6) is 0.0811. The highest BCUT2D eigenvalue weighted by molar-refractivity contribution is 5.93. The smallest absolute Gasteiger partial charge is 0.270 e. The number of carbonyl (C=O) groups excluding carboxylic acids is 1. The molecule has 1 aliphatic heterocycles. The van der Waals surface area contributed by atoms with Crippen LogP contribution in [0, 0.1) is 0 Å². The predicted octanol–water partition coefficient (Wildman–Crippen LogP) is 0.773. The molecule has 0 unspecified atom stereocenters. The van der Waals surface area contributed by atoms with Crippen LogP contribution in [0.3, 0.4) is 0 Å². The van der Waals surface area contributed by atoms with Crippen molar-refractivity contribution in [1.82, 2.24) is 14.4 Å². The van der Waals surface area contributed by atoms with Gasteiger partial charge in [0, 0.05) is 45.5 Å². The van der Waals surface area contributed by atoms with Gasteiger partial charge in [0.15, 0.2) is 0 Å². The molecule has 1 amide bonds. The Labute approximate surface area is 108 Å². The summed E-state index contributed by atoms with van der Waals surface area (Å²) in [7, 11) is 1.86. The van der Waals surface area contributed by atoms with Gasteiger partial charge in [-0.05, 0) is 19.9 Å². The first-order valence-corrected chi connectivity index (χ1v) is 6.44. The first-order valence-electron chi connectivity index (χ1n) is 6.44. The number of carbonyl (C=O) groups is 1. The Hall–Kier alpha value is -1.49. The molecule has 0 atom stereocenters. The van der Waals surface area contributed by atoms with Crippen molar-refractivity contribution in [1.29, 1.82) is 0 Å². The Bertz CT molecular complexity index is 430. The van der Waals surface area contributed by atoms with Crippen LogP contribution in [0.25, 0.3) is 0 Å². The molecule has 0 radical (unpaired) electrons. The zero-order chi connectivity index (χ0) is 13.3. The third-order valence-corrected chi connectivity index (χ3v) is 3.58. The Morgan fingerprint density at radius 2 is 1.89 bits per heavy atom. The van der Waals surface area contributed by atoms with Crippen LogP contribution in [0.4, 0.5) is 5.69 Å². The van der Waals surface area contributed by atoms with E-state index in [2.05, 4.69) is 18.7 Å². The van der Waals surface area contributed by atoms with Gasteiger partial charge in [0.05, 0.1) is 5.69 Å². The summed E-state index contributed by atoms with van der Waals surface area (Å²) in [5.41, 5.74) is 7.02. The first-order chi connectivity index (χ1) is 8.49. The third-order valence-electron chi connectivity index (χ3n) is 3.58. The molecule has 5 nitrogen and oxygen atoms in total. The monoisotopic (exact) mass is 250 g/mol. The summed E-state index contributed by atoms with van der Waals surface area (Å²) in [6.45, 7) is 7.86. The van der Waals surface area contributed by atoms with Crippen LogP contribution in [0.1, 0.15) is 24.3 Å². The second-order valence-electron chi connectivity index (χ2n) is 5.19. The van der Waals surface area contributed by atoms with Gasteiger partial charge in [-0.2, -0.15) is 0 Å². The molecule has 2 N–H and O–H groups in total. The third kappa shape index (κ3) is 2.51. The number of nitrogen functional groups attached to an aromatic ring is 1. The summed E-state index contributed by atoms with van der Waals surface area (Å²) in [5, 5.41) is 0. The SMILES string of the molecule is CC(C)N1CCN(C(=O)c2cc(N)cn2C)CC1. The molecule has 2 heterocycles. The number of anilines is 1. The van der Waals surface area contributed by atoms with E-state index in [0.29, 0.717) is 17.4 Å². The summed E-state index contributed by atoms with van der Waals surface area (Å²) >= 11 is 0. The van der Waals surface area contributed by atoms with Gasteiger partial charge >= 0.3 is 0 Å². The predicted molar refractivity (Wildman–Crippen MR) is 72.4 cm³/mol. The number of hydrogen-bond acceptors (Lipinski definition) is 3. The van der Waals surface area contributed by atoms with Crippen molar-refractivity contribution < 1.29 is 4.79 Å². The zero-order valence-corrected chi connectivity index (χ0v) is 11.4. The fourth-order valence-electron chi connectivity index (χ4n) is 2.41. The first kappa shape index (κ1) is 13.0. The topological polar surface area (TPSA) is 54.5 Å². The number of hydrogen-bond donors (Lipinski definition) is 1. The Morgan fingerprint density at radius 3 is 2.33 bits per heavy atom. The van der Waals surface area contributed by atoms with E-state index in [1.165, 1.54) is 0 Å². The fourth-order valence-corrected chi connectivity index (χ4v) is 2.41. The van der Waals surface area contributed by atoms with Crippen molar-refractivity contribution in [3.05, 3.63) is 18.0 Å². The molecular formula is C13H22N4O. The van der Waals surface area contributed by atoms with E-state index in [4.69, 9.17) is 5.73 Å². The molecule has 100 valence electrons. The molecule has 0 saturated carbocycles. The van der Waals surface area contributed by atoms with Crippen LogP contribution in [-0.4, -0.2) is 52.5 Å². The van der Waals surface area contributed by atoms with E-state index >= 15 is 0 Å². The molecule has 2 rings (SSSR count). The minimum Gasteiger partial charge on any atom is -0.397 e. The summed E-state index contributed by atoms with van der Waals surface area (Å²) in [4.78, 5) is 16.6. The Balaban J connectivity index is 2.02. The zero-order valence-electron chi connectivity index (χ0n) is 11.4. The number of nitrogens with two attached hydrogens (primary N) is 1. The molecule has 1 aliphatic rings. The van der Waals surface area contributed by atoms with Gasteiger partial charge in [0.25, 0.3) is 5.91 Å². The van der Waals surface area contributed by atoms with E-state index in [9.17, 15) is 4.79 Å². The Morgan fingerprint density at radius 1 is 1.28 bits per heavy atom. The Kier molecular flexibility index (Phi) is 3.61. The fraction of sp³-hybridized carbons (Fsp3) is 0.615. The highest BCUT2D eigenvalue weighted by Gasteiger charge is 2.24. The number of aryl methyl sites for hydroxylation is 1. The molecule has 18 heavy (non-hydrogen) atoms. The summed E-state index contributed by atoms with van der Waals surface area (Å²) < 4.78 is 1.80. The van der Waals surface area contributed by atoms with E-state index in [1.54, 1.807) is 16.8 Å². The van der Waals surface area contributed by atoms with Crippen LogP contribution in [0.2, 0.25) is 0 Å². The second kappa shape index (κ2) is 5.02. The van der Waals surface area contributed by atoms with Crippen LogP contribution in [0.5, 0.6) is 0 Å². The average Bonchev–Trinajstić information content (AvgIpc) is 2.67. The summed E-state index contributed by atoms with van der Waals surface area (Å²) in [6, 6.07) is 2.30. The van der Waals surface area contributed by atoms with Crippen molar-refractivity contribution in [2.45, 2.75) is 19.9 Å². The largest absolute Gasteiger partial charge is 0.397 e. The molecule has 1 saturated heterocycles. The van der Waals surface area contributed by atoms with E-state index in [1.807, 2.05) is 11.9 Å². The normalized spacial score (nSPS) is 17.4. The van der Waals surface area contributed by atoms with Crippen LogP contribution in [-0.2, 0) is 7.05 Å². The molecule has 0 spiro atoms. The lowest BCUT2D eigenvalue weighted by Crippen LogP contribution is -2.50. The van der Waals surface area contributed by atoms with E-state index < -0.39 is 0 Å². The van der Waals surface area contributed by atoms with Gasteiger partial charge in [-0.3, -0.25) is 9.69 Å². The van der Waals surface area contributed by atoms with Crippen LogP contribution >= 0.6 is 0 Å². The lowest BCUT2D eigenvalue weighted by atomic mass is 10.2. The van der Waals surface area contributed by atoms with Crippen molar-refractivity contribution in [3.63, 3.8) is 0 Å². The average molecular weight is 250 g/mol. The van der Waals surface area contributed by atoms with E-state index in [0.717, 1.165) is 26.2 Å². The van der Waals surface area contributed by atoms with Gasteiger partial charge < -0.3 is 15.2 Å². The quantitative estimate of drug-likeness (QED) is 0.843. The van der Waals surface area contributed by atoms with Crippen molar-refractivity contribution in [3.8, 4) is 0 Å². The van der Waals surface area contributed by atoms with Crippen LogP contribution in [0.15, 0.2) is 12.3 Å². The molecular weight excluding hydrogens is 228 g/mol. The van der Waals surface area contributed by atoms with E-state index in [-0.39, 0.29) is 5.91 Å². The standard InChI is InChI=1S/C13H22N4O/c1-10(2)16-4-6-17(7-5-16)13(18)12-8-11(14)9-15(12)3/h8-10H,4-7,14H2,1-3H3. The second-order valence-corrected chi connectivity index (χ2v) is 5.19. The minimum atomic E-state index is 0.0811. The maximum absolute atomic E-state index is 12.3. The molecule has 0 bridgehead atoms. The molecule has 5 heteroatoms. The number of piperazine rings is 1. The van der Waals surface area contributed by atoms with Crippen molar-refractivity contribution >= 4 is 11.6 Å². The molecule has 0 aromatic carbocycles. The minimum absolute atomic E-state index is 0.0811. The van der Waals surface area contributed by atoms with Crippen molar-refractivity contribution in [2.75, 3.05) is 31.9 Å². The molecule has 0 aliphatic carbocycles. The summed E-state index contributed by atoms with van der Waals surface area (Å²) in [6.07, 6.45) is 1.78. The molecule has 1 aromatic heterocycles. The number of amides is 1. The van der Waals surface area contributed by atoms with Crippen molar-refractivity contribution in [2.24, 2.45) is 7.05 Å². The maximum atomic E-state index is 12.3. The molecule has 1 aromatic rings. The van der Waals surface area contributed by atoms with Crippen LogP contribution < -0.4 is 5.73 Å². The van der Waals surface area contributed by atoms with Gasteiger partial charge in [0.1, 0.15) is 5.69 Å². The number of nitrogens with zero attached hydrogens (tertiary/aromatic N) is 3. The number of rotatable bonds is 2. The molecule has 1 fully saturated rings. The van der Waals surface area contributed by atoms with Gasteiger partial charge in [-0.25, -0.2) is 0 Å².